The van der Waals surface area contributed by atoms with Gasteiger partial charge >= 0.3 is 0 Å². The van der Waals surface area contributed by atoms with Crippen molar-refractivity contribution in [3.8, 4) is 78.8 Å². The van der Waals surface area contributed by atoms with E-state index in [0.29, 0.717) is 5.82 Å². The van der Waals surface area contributed by atoms with Crippen LogP contribution in [-0.4, -0.2) is 9.97 Å². The van der Waals surface area contributed by atoms with Gasteiger partial charge in [-0.2, -0.15) is 0 Å². The van der Waals surface area contributed by atoms with Crippen LogP contribution in [0.25, 0.3) is 78.1 Å². The lowest BCUT2D eigenvalue weighted by molar-refractivity contribution is 0.489. The summed E-state index contributed by atoms with van der Waals surface area (Å²) >= 11 is 0. The summed E-state index contributed by atoms with van der Waals surface area (Å²) in [6, 6.07) is 59.0. The minimum atomic E-state index is 0.702. The number of ether oxygens (including phenoxy) is 1. The topological polar surface area (TPSA) is 35.0 Å². The van der Waals surface area contributed by atoms with Crippen LogP contribution in [0.15, 0.2) is 170 Å². The summed E-state index contributed by atoms with van der Waals surface area (Å²) in [7, 11) is 0. The van der Waals surface area contributed by atoms with Crippen LogP contribution in [0.1, 0.15) is 0 Å². The van der Waals surface area contributed by atoms with Gasteiger partial charge in [0.2, 0.25) is 0 Å². The molecule has 0 atom stereocenters. The molecule has 1 aliphatic rings. The Morgan fingerprint density at radius 3 is 1.55 bits per heavy atom. The third-order valence-electron chi connectivity index (χ3n) is 8.92. The molecule has 3 nitrogen and oxygen atoms in total. The Morgan fingerprint density at radius 1 is 0.362 bits per heavy atom. The predicted molar refractivity (Wildman–Crippen MR) is 192 cm³/mol. The Balaban J connectivity index is 1.10. The van der Waals surface area contributed by atoms with E-state index in [1.807, 2.05) is 24.3 Å². The van der Waals surface area contributed by atoms with Crippen molar-refractivity contribution in [2.45, 2.75) is 0 Å². The van der Waals surface area contributed by atoms with E-state index in [1.54, 1.807) is 0 Å². The molecule has 0 saturated heterocycles. The Morgan fingerprint density at radius 2 is 0.872 bits per heavy atom. The number of nitrogens with zero attached hydrogens (tertiary/aromatic N) is 2. The second-order valence-electron chi connectivity index (χ2n) is 11.8. The SMILES string of the molecule is c1ccc(-c2ccc(-c3cc(-c4ccc(-c5cccc6c5Oc5cccc7cccc-6c57)cc4)nc(-c4ccccc4)n3)cc2)cc1. The zero-order chi connectivity index (χ0) is 31.2. The lowest BCUT2D eigenvalue weighted by Crippen LogP contribution is -1.99. The number of hydrogen-bond donors (Lipinski definition) is 0. The van der Waals surface area contributed by atoms with Crippen LogP contribution in [0.5, 0.6) is 11.5 Å². The van der Waals surface area contributed by atoms with Crippen LogP contribution in [0.2, 0.25) is 0 Å². The zero-order valence-electron chi connectivity index (χ0n) is 25.5. The Hall–Kier alpha value is -6.32. The van der Waals surface area contributed by atoms with Crippen LogP contribution in [0.4, 0.5) is 0 Å². The van der Waals surface area contributed by atoms with Crippen LogP contribution >= 0.6 is 0 Å². The third kappa shape index (κ3) is 4.86. The highest BCUT2D eigenvalue weighted by atomic mass is 16.5. The summed E-state index contributed by atoms with van der Waals surface area (Å²) in [6.07, 6.45) is 0. The second kappa shape index (κ2) is 11.2. The number of benzene rings is 7. The van der Waals surface area contributed by atoms with Gasteiger partial charge in [-0.25, -0.2) is 9.97 Å². The van der Waals surface area contributed by atoms with Crippen molar-refractivity contribution in [2.75, 3.05) is 0 Å². The van der Waals surface area contributed by atoms with Crippen molar-refractivity contribution < 1.29 is 4.74 Å². The second-order valence-corrected chi connectivity index (χ2v) is 11.8. The monoisotopic (exact) mass is 600 g/mol. The number of hydrogen-bond acceptors (Lipinski definition) is 3. The van der Waals surface area contributed by atoms with E-state index in [-0.39, 0.29) is 0 Å². The summed E-state index contributed by atoms with van der Waals surface area (Å²) in [5.41, 5.74) is 11.7. The van der Waals surface area contributed by atoms with Gasteiger partial charge in [-0.15, -0.1) is 0 Å². The molecular weight excluding hydrogens is 572 g/mol. The third-order valence-corrected chi connectivity index (χ3v) is 8.92. The highest BCUT2D eigenvalue weighted by molar-refractivity contribution is 6.05. The predicted octanol–water partition coefficient (Wildman–Crippen LogP) is 11.7. The van der Waals surface area contributed by atoms with Gasteiger partial charge in [-0.05, 0) is 39.8 Å². The van der Waals surface area contributed by atoms with E-state index >= 15 is 0 Å². The molecule has 0 spiro atoms. The van der Waals surface area contributed by atoms with E-state index in [0.717, 1.165) is 56.3 Å². The molecule has 2 heterocycles. The minimum Gasteiger partial charge on any atom is -0.455 e. The molecule has 7 aromatic carbocycles. The highest BCUT2D eigenvalue weighted by Crippen LogP contribution is 2.50. The normalized spacial score (nSPS) is 11.6. The summed E-state index contributed by atoms with van der Waals surface area (Å²) in [6.45, 7) is 0. The van der Waals surface area contributed by atoms with Gasteiger partial charge < -0.3 is 4.74 Å². The molecule has 3 heteroatoms. The largest absolute Gasteiger partial charge is 0.455 e. The van der Waals surface area contributed by atoms with E-state index in [4.69, 9.17) is 14.7 Å². The molecule has 47 heavy (non-hydrogen) atoms. The molecule has 8 aromatic rings. The van der Waals surface area contributed by atoms with Gasteiger partial charge in [0, 0.05) is 33.2 Å². The maximum Gasteiger partial charge on any atom is 0.160 e. The van der Waals surface area contributed by atoms with Crippen LogP contribution in [0.3, 0.4) is 0 Å². The van der Waals surface area contributed by atoms with Gasteiger partial charge in [0.25, 0.3) is 0 Å². The first-order valence-corrected chi connectivity index (χ1v) is 15.8. The summed E-state index contributed by atoms with van der Waals surface area (Å²) in [5, 5.41) is 2.35. The van der Waals surface area contributed by atoms with Crippen LogP contribution in [-0.2, 0) is 0 Å². The molecule has 9 rings (SSSR count). The number of rotatable bonds is 5. The maximum absolute atomic E-state index is 6.60. The van der Waals surface area contributed by atoms with Crippen molar-refractivity contribution in [3.05, 3.63) is 170 Å². The number of aromatic nitrogens is 2. The Bertz CT molecular complexity index is 2390. The Labute approximate surface area is 273 Å². The van der Waals surface area contributed by atoms with Crippen molar-refractivity contribution in [3.63, 3.8) is 0 Å². The molecule has 0 amide bonds. The van der Waals surface area contributed by atoms with Gasteiger partial charge in [0.05, 0.1) is 11.4 Å². The first-order valence-electron chi connectivity index (χ1n) is 15.8. The number of fused-ring (bicyclic) bond motifs is 2. The average Bonchev–Trinajstić information content (AvgIpc) is 3.15. The summed E-state index contributed by atoms with van der Waals surface area (Å²) < 4.78 is 6.60. The smallest absolute Gasteiger partial charge is 0.160 e. The molecule has 1 aliphatic heterocycles. The van der Waals surface area contributed by atoms with Gasteiger partial charge in [0.15, 0.2) is 5.82 Å². The zero-order valence-corrected chi connectivity index (χ0v) is 25.5. The van der Waals surface area contributed by atoms with Crippen molar-refractivity contribution >= 4 is 10.8 Å². The molecule has 0 N–H and O–H groups in total. The van der Waals surface area contributed by atoms with E-state index in [9.17, 15) is 0 Å². The minimum absolute atomic E-state index is 0.702. The fourth-order valence-electron chi connectivity index (χ4n) is 6.56. The van der Waals surface area contributed by atoms with Crippen molar-refractivity contribution in [1.29, 1.82) is 0 Å². The maximum atomic E-state index is 6.60. The fraction of sp³-hybridized carbons (Fsp3) is 0. The van der Waals surface area contributed by atoms with Gasteiger partial charge in [-0.1, -0.05) is 158 Å². The molecule has 1 aromatic heterocycles. The van der Waals surface area contributed by atoms with E-state index in [1.165, 1.54) is 27.5 Å². The quantitative estimate of drug-likeness (QED) is 0.197. The molecule has 0 fully saturated rings. The molecule has 0 aliphatic carbocycles. The fourth-order valence-corrected chi connectivity index (χ4v) is 6.56. The molecule has 0 radical (unpaired) electrons. The highest BCUT2D eigenvalue weighted by Gasteiger charge is 2.22. The van der Waals surface area contributed by atoms with E-state index in [2.05, 4.69) is 146 Å². The Kier molecular flexibility index (Phi) is 6.46. The van der Waals surface area contributed by atoms with Crippen LogP contribution < -0.4 is 4.74 Å². The molecule has 0 unspecified atom stereocenters. The standard InChI is InChI=1S/C44H28N2O/c1-3-10-29(11-4-1)30-20-24-32(25-21-30)39-28-40(46-44(45-39)35-12-5-2-6-13-35)33-26-22-31(23-27-33)36-16-9-18-38-37-17-7-14-34-15-8-19-41(42(34)37)47-43(36)38/h1-28H. The van der Waals surface area contributed by atoms with Gasteiger partial charge in [0.1, 0.15) is 11.5 Å². The average molecular weight is 601 g/mol. The molecule has 220 valence electrons. The molecule has 0 saturated carbocycles. The van der Waals surface area contributed by atoms with E-state index < -0.39 is 0 Å². The summed E-state index contributed by atoms with van der Waals surface area (Å²) in [5.74, 6) is 2.49. The lowest BCUT2D eigenvalue weighted by atomic mass is 9.91. The first kappa shape index (κ1) is 27.0. The molecule has 0 bridgehead atoms. The van der Waals surface area contributed by atoms with Crippen molar-refractivity contribution in [2.24, 2.45) is 0 Å². The number of para-hydroxylation sites is 1. The molecular formula is C44H28N2O. The van der Waals surface area contributed by atoms with Crippen molar-refractivity contribution in [1.82, 2.24) is 9.97 Å². The first-order chi connectivity index (χ1) is 23.3. The van der Waals surface area contributed by atoms with Gasteiger partial charge in [-0.3, -0.25) is 0 Å². The summed E-state index contributed by atoms with van der Waals surface area (Å²) in [4.78, 5) is 10.1. The van der Waals surface area contributed by atoms with Crippen LogP contribution in [0, 0.1) is 0 Å². The lowest BCUT2D eigenvalue weighted by Gasteiger charge is -2.23.